The molecule has 0 aliphatic carbocycles. The summed E-state index contributed by atoms with van der Waals surface area (Å²) in [4.78, 5) is 44.7. The van der Waals surface area contributed by atoms with E-state index in [1.165, 1.54) is 6.07 Å². The lowest BCUT2D eigenvalue weighted by Gasteiger charge is -2.08. The summed E-state index contributed by atoms with van der Waals surface area (Å²) >= 11 is 0.735. The number of nitrogens with one attached hydrogen (secondary N) is 2. The molecule has 2 rings (SSSR count). The Morgan fingerprint density at radius 2 is 2.05 bits per heavy atom. The van der Waals surface area contributed by atoms with Crippen LogP contribution in [0.2, 0.25) is 0 Å². The van der Waals surface area contributed by atoms with Crippen molar-refractivity contribution in [3.63, 3.8) is 0 Å². The monoisotopic (exact) mass is 310 g/mol. The Kier molecular flexibility index (Phi) is 4.13. The molecule has 1 atom stereocenters. The van der Waals surface area contributed by atoms with E-state index in [0.717, 1.165) is 23.9 Å². The maximum absolute atomic E-state index is 11.7. The number of amides is 3. The van der Waals surface area contributed by atoms with Gasteiger partial charge in [0.1, 0.15) is 16.6 Å². The van der Waals surface area contributed by atoms with E-state index in [-0.39, 0.29) is 17.7 Å². The number of aromatic hydroxyl groups is 1. The van der Waals surface area contributed by atoms with Gasteiger partial charge in [0.2, 0.25) is 11.8 Å². The lowest BCUT2D eigenvalue weighted by atomic mass is 10.1. The molecule has 1 heterocycles. The van der Waals surface area contributed by atoms with Crippen LogP contribution in [0, 0.1) is 0 Å². The average Bonchev–Trinajstić information content (AvgIpc) is 2.67. The Morgan fingerprint density at radius 3 is 2.57 bits per heavy atom. The number of carboxylic acids is 1. The fourth-order valence-corrected chi connectivity index (χ4v) is 2.52. The van der Waals surface area contributed by atoms with Gasteiger partial charge in [-0.2, -0.15) is 0 Å². The number of carboxylic acid groups (broad SMARTS) is 1. The van der Waals surface area contributed by atoms with Gasteiger partial charge in [0.15, 0.2) is 0 Å². The van der Waals surface area contributed by atoms with Gasteiger partial charge in [-0.15, -0.1) is 0 Å². The molecule has 0 unspecified atom stereocenters. The van der Waals surface area contributed by atoms with Crippen LogP contribution in [0.15, 0.2) is 18.2 Å². The molecule has 0 radical (unpaired) electrons. The molecule has 1 aromatic carbocycles. The van der Waals surface area contributed by atoms with Crippen molar-refractivity contribution in [2.45, 2.75) is 11.7 Å². The second-order valence-electron chi connectivity index (χ2n) is 4.17. The summed E-state index contributed by atoms with van der Waals surface area (Å²) in [6, 6.07) is 3.55. The minimum atomic E-state index is -1.29. The first-order valence-electron chi connectivity index (χ1n) is 5.74. The number of phenols is 1. The summed E-state index contributed by atoms with van der Waals surface area (Å²) in [6.45, 7) is 0. The molecule has 21 heavy (non-hydrogen) atoms. The van der Waals surface area contributed by atoms with E-state index in [1.807, 2.05) is 0 Å². The van der Waals surface area contributed by atoms with Crippen molar-refractivity contribution >= 4 is 40.5 Å². The third-order valence-electron chi connectivity index (χ3n) is 2.65. The molecule has 1 aliphatic rings. The van der Waals surface area contributed by atoms with Crippen LogP contribution in [-0.4, -0.2) is 38.5 Å². The second-order valence-corrected chi connectivity index (χ2v) is 5.35. The zero-order valence-electron chi connectivity index (χ0n) is 10.5. The smallest absolute Gasteiger partial charge is 0.339 e. The lowest BCUT2D eigenvalue weighted by molar-refractivity contribution is -0.122. The Balaban J connectivity index is 2.00. The van der Waals surface area contributed by atoms with Crippen LogP contribution in [0.1, 0.15) is 16.8 Å². The predicted molar refractivity (Wildman–Crippen MR) is 73.2 cm³/mol. The molecule has 4 N–H and O–H groups in total. The van der Waals surface area contributed by atoms with Crippen molar-refractivity contribution in [2.75, 3.05) is 5.32 Å². The van der Waals surface area contributed by atoms with Gasteiger partial charge in [-0.05, 0) is 12.1 Å². The number of benzene rings is 1. The van der Waals surface area contributed by atoms with Crippen molar-refractivity contribution in [2.24, 2.45) is 0 Å². The number of carbonyl (C=O) groups is 4. The molecule has 8 nitrogen and oxygen atoms in total. The van der Waals surface area contributed by atoms with Gasteiger partial charge in [-0.1, -0.05) is 11.8 Å². The van der Waals surface area contributed by atoms with Gasteiger partial charge in [0.25, 0.3) is 5.24 Å². The molecule has 1 aromatic rings. The highest BCUT2D eigenvalue weighted by molar-refractivity contribution is 8.15. The van der Waals surface area contributed by atoms with Crippen LogP contribution in [0.5, 0.6) is 5.75 Å². The van der Waals surface area contributed by atoms with E-state index in [9.17, 15) is 24.3 Å². The van der Waals surface area contributed by atoms with Crippen molar-refractivity contribution in [1.82, 2.24) is 5.32 Å². The van der Waals surface area contributed by atoms with Gasteiger partial charge in [-0.3, -0.25) is 19.7 Å². The second kappa shape index (κ2) is 5.83. The highest BCUT2D eigenvalue weighted by atomic mass is 32.2. The number of anilines is 1. The standard InChI is InChI=1S/C12H10N2O6S/c15-7-3-5(1-2-6(7)11(18)19)13-9(16)4-8-10(17)14-12(20)21-8/h1-3,8,15H,4H2,(H,13,16)(H,18,19)(H,14,17,20)/t8-/m1/s1. The quantitative estimate of drug-likeness (QED) is 0.645. The van der Waals surface area contributed by atoms with Gasteiger partial charge in [0, 0.05) is 18.2 Å². The van der Waals surface area contributed by atoms with Crippen LogP contribution in [0.4, 0.5) is 10.5 Å². The summed E-state index contributed by atoms with van der Waals surface area (Å²) in [5, 5.41) is 21.4. The van der Waals surface area contributed by atoms with Crippen LogP contribution in [-0.2, 0) is 9.59 Å². The van der Waals surface area contributed by atoms with Crippen LogP contribution in [0.25, 0.3) is 0 Å². The van der Waals surface area contributed by atoms with E-state index in [0.29, 0.717) is 0 Å². The molecule has 1 saturated heterocycles. The highest BCUT2D eigenvalue weighted by Gasteiger charge is 2.33. The normalized spacial score (nSPS) is 17.4. The van der Waals surface area contributed by atoms with E-state index in [4.69, 9.17) is 5.11 Å². The summed E-state index contributed by atoms with van der Waals surface area (Å²) < 4.78 is 0. The maximum atomic E-state index is 11.7. The Morgan fingerprint density at radius 1 is 1.33 bits per heavy atom. The minimum Gasteiger partial charge on any atom is -0.507 e. The van der Waals surface area contributed by atoms with Crippen molar-refractivity contribution in [1.29, 1.82) is 0 Å². The summed E-state index contributed by atoms with van der Waals surface area (Å²) in [5.41, 5.74) is -0.0958. The Bertz CT molecular complexity index is 645. The van der Waals surface area contributed by atoms with Gasteiger partial charge < -0.3 is 15.5 Å². The van der Waals surface area contributed by atoms with Crippen LogP contribution >= 0.6 is 11.8 Å². The zero-order chi connectivity index (χ0) is 15.6. The van der Waals surface area contributed by atoms with E-state index >= 15 is 0 Å². The maximum Gasteiger partial charge on any atom is 0.339 e. The van der Waals surface area contributed by atoms with E-state index in [2.05, 4.69) is 10.6 Å². The van der Waals surface area contributed by atoms with Crippen LogP contribution < -0.4 is 10.6 Å². The topological polar surface area (TPSA) is 133 Å². The molecule has 9 heteroatoms. The largest absolute Gasteiger partial charge is 0.507 e. The fourth-order valence-electron chi connectivity index (χ4n) is 1.70. The average molecular weight is 310 g/mol. The lowest BCUT2D eigenvalue weighted by Crippen LogP contribution is -2.27. The number of aromatic carboxylic acids is 1. The SMILES string of the molecule is O=C(C[C@H]1SC(=O)NC1=O)Nc1ccc(C(=O)O)c(O)c1. The van der Waals surface area contributed by atoms with E-state index in [1.54, 1.807) is 0 Å². The highest BCUT2D eigenvalue weighted by Crippen LogP contribution is 2.24. The van der Waals surface area contributed by atoms with Gasteiger partial charge in [-0.25, -0.2) is 4.79 Å². The van der Waals surface area contributed by atoms with Crippen molar-refractivity contribution < 1.29 is 29.4 Å². The van der Waals surface area contributed by atoms with Gasteiger partial charge >= 0.3 is 5.97 Å². The fraction of sp³-hybridized carbons (Fsp3) is 0.167. The summed E-state index contributed by atoms with van der Waals surface area (Å²) in [5.74, 6) is -2.82. The summed E-state index contributed by atoms with van der Waals surface area (Å²) in [6.07, 6.45) is -0.205. The number of rotatable bonds is 4. The number of carbonyl (C=O) groups excluding carboxylic acids is 3. The first kappa shape index (κ1) is 14.9. The first-order chi connectivity index (χ1) is 9.86. The third kappa shape index (κ3) is 3.51. The van der Waals surface area contributed by atoms with Crippen LogP contribution in [0.3, 0.4) is 0 Å². The first-order valence-corrected chi connectivity index (χ1v) is 6.62. The number of hydrogen-bond donors (Lipinski definition) is 4. The Hall–Kier alpha value is -2.55. The summed E-state index contributed by atoms with van der Waals surface area (Å²) in [7, 11) is 0. The molecule has 0 aromatic heterocycles. The van der Waals surface area contributed by atoms with E-state index < -0.39 is 34.0 Å². The number of hydrogen-bond acceptors (Lipinski definition) is 6. The molecular formula is C12H10N2O6S. The zero-order valence-corrected chi connectivity index (χ0v) is 11.3. The molecule has 1 fully saturated rings. The Labute approximate surface area is 122 Å². The molecule has 0 bridgehead atoms. The predicted octanol–water partition coefficient (Wildman–Crippen LogP) is 0.771. The number of thioether (sulfide) groups is 1. The molecule has 3 amide bonds. The molecular weight excluding hydrogens is 300 g/mol. The van der Waals surface area contributed by atoms with Crippen molar-refractivity contribution in [3.8, 4) is 5.75 Å². The number of imide groups is 1. The molecule has 110 valence electrons. The third-order valence-corrected chi connectivity index (χ3v) is 3.63. The minimum absolute atomic E-state index is 0.192. The molecule has 0 spiro atoms. The van der Waals surface area contributed by atoms with Gasteiger partial charge in [0.05, 0.1) is 0 Å². The molecule has 0 saturated carbocycles. The van der Waals surface area contributed by atoms with Crippen molar-refractivity contribution in [3.05, 3.63) is 23.8 Å². The molecule has 1 aliphatic heterocycles.